The highest BCUT2D eigenvalue weighted by molar-refractivity contribution is 7.96. The molecule has 0 radical (unpaired) electrons. The molecule has 39 heavy (non-hydrogen) atoms. The molecule has 0 spiro atoms. The fraction of sp³-hybridized carbons (Fsp3) is 0.233. The van der Waals surface area contributed by atoms with Gasteiger partial charge in [-0.2, -0.15) is 5.10 Å². The number of ketones is 1. The molecule has 0 saturated carbocycles. The minimum atomic E-state index is -0.205. The third-order valence-electron chi connectivity index (χ3n) is 5.72. The van der Waals surface area contributed by atoms with Crippen molar-refractivity contribution in [3.05, 3.63) is 113 Å². The van der Waals surface area contributed by atoms with Gasteiger partial charge < -0.3 is 14.8 Å². The maximum Gasteiger partial charge on any atom is 0.215 e. The number of aliphatic imine (C=N–C) groups is 1. The lowest BCUT2D eigenvalue weighted by atomic mass is 10.1. The molecule has 1 aliphatic rings. The molecule has 9 heteroatoms. The van der Waals surface area contributed by atoms with Gasteiger partial charge in [-0.1, -0.05) is 43.3 Å². The van der Waals surface area contributed by atoms with Crippen LogP contribution in [-0.4, -0.2) is 40.3 Å². The minimum Gasteiger partial charge on any atom is -0.439 e. The Bertz CT molecular complexity index is 1410. The van der Waals surface area contributed by atoms with Crippen LogP contribution in [0, 0.1) is 6.92 Å². The monoisotopic (exact) mass is 561 g/mol. The summed E-state index contributed by atoms with van der Waals surface area (Å²) in [5, 5.41) is 7.68. The van der Waals surface area contributed by atoms with E-state index in [9.17, 15) is 4.79 Å². The SMILES string of the molecule is C=C1/C=C(/C(=O)c2cnn(C(=C)/C(C)=C\C(=N/CC)Oc3ccccc3C)c2)NC(C)/C=C(NSC)\C(S)=C/1. The van der Waals surface area contributed by atoms with Crippen molar-refractivity contribution >= 4 is 42.0 Å². The zero-order valence-corrected chi connectivity index (χ0v) is 24.7. The standard InChI is InChI=1S/C30H35N5O2S2/c1-8-31-29(37-27-12-10-9-11-20(27)3)15-21(4)23(6)35-18-24(17-32-35)30(36)26-13-19(2)14-28(38)25(34-39-7)16-22(5)33-26/h9-18,22,33-34,38H,2,6,8H2,1,3-5,7H3/b21-15-,25-16+,26-13-,28-14+,31-29+. The average Bonchev–Trinajstić information content (AvgIpc) is 3.39. The molecule has 0 fully saturated rings. The van der Waals surface area contributed by atoms with Gasteiger partial charge >= 0.3 is 0 Å². The average molecular weight is 562 g/mol. The van der Waals surface area contributed by atoms with Gasteiger partial charge in [0.25, 0.3) is 0 Å². The molecule has 0 saturated heterocycles. The summed E-state index contributed by atoms with van der Waals surface area (Å²) in [6.45, 7) is 16.6. The molecule has 0 aliphatic carbocycles. The second kappa shape index (κ2) is 13.9. The number of benzene rings is 1. The Morgan fingerprint density at radius 1 is 1.36 bits per heavy atom. The summed E-state index contributed by atoms with van der Waals surface area (Å²) in [6, 6.07) is 7.63. The molecule has 7 nitrogen and oxygen atoms in total. The number of thiol groups is 1. The molecular formula is C30H35N5O2S2. The second-order valence-corrected chi connectivity index (χ2v) is 10.0. The van der Waals surface area contributed by atoms with Crippen LogP contribution in [0.25, 0.3) is 5.70 Å². The van der Waals surface area contributed by atoms with E-state index in [4.69, 9.17) is 4.74 Å². The van der Waals surface area contributed by atoms with E-state index in [0.717, 1.165) is 27.5 Å². The van der Waals surface area contributed by atoms with Crippen LogP contribution in [0.2, 0.25) is 0 Å². The van der Waals surface area contributed by atoms with E-state index in [1.165, 1.54) is 18.1 Å². The molecule has 0 amide bonds. The number of Topliss-reactive ketones (excluding diaryl/α,β-unsaturated/α-hetero) is 1. The summed E-state index contributed by atoms with van der Waals surface area (Å²) in [6.07, 6.45) is 12.5. The summed E-state index contributed by atoms with van der Waals surface area (Å²) in [5.74, 6) is 1.01. The smallest absolute Gasteiger partial charge is 0.215 e. The number of carbonyl (C=O) groups excluding carboxylic acids is 1. The number of carbonyl (C=O) groups is 1. The Morgan fingerprint density at radius 3 is 2.79 bits per heavy atom. The van der Waals surface area contributed by atoms with Gasteiger partial charge in [-0.05, 0) is 68.7 Å². The van der Waals surface area contributed by atoms with Gasteiger partial charge in [0.1, 0.15) is 5.75 Å². The third kappa shape index (κ3) is 8.15. The van der Waals surface area contributed by atoms with Crippen LogP contribution < -0.4 is 14.8 Å². The number of para-hydroxylation sites is 1. The summed E-state index contributed by atoms with van der Waals surface area (Å²) in [5.41, 5.74) is 4.72. The maximum absolute atomic E-state index is 13.5. The number of nitrogens with zero attached hydrogens (tertiary/aromatic N) is 3. The number of aryl methyl sites for hydroxylation is 1. The summed E-state index contributed by atoms with van der Waals surface area (Å²) in [4.78, 5) is 18.7. The van der Waals surface area contributed by atoms with Gasteiger partial charge in [0.2, 0.25) is 11.7 Å². The third-order valence-corrected chi connectivity index (χ3v) is 6.52. The van der Waals surface area contributed by atoms with Crippen molar-refractivity contribution in [3.8, 4) is 5.75 Å². The zero-order valence-electron chi connectivity index (χ0n) is 23.0. The predicted molar refractivity (Wildman–Crippen MR) is 167 cm³/mol. The van der Waals surface area contributed by atoms with Crippen molar-refractivity contribution in [1.82, 2.24) is 19.8 Å². The molecule has 204 valence electrons. The predicted octanol–water partition coefficient (Wildman–Crippen LogP) is 6.29. The first-order valence-electron chi connectivity index (χ1n) is 12.5. The first-order chi connectivity index (χ1) is 18.6. The second-order valence-electron chi connectivity index (χ2n) is 8.94. The van der Waals surface area contributed by atoms with Crippen LogP contribution in [-0.2, 0) is 0 Å². The Kier molecular flexibility index (Phi) is 10.7. The van der Waals surface area contributed by atoms with E-state index in [1.807, 2.05) is 76.4 Å². The Balaban J connectivity index is 1.82. The van der Waals surface area contributed by atoms with Crippen molar-refractivity contribution in [2.45, 2.75) is 33.7 Å². The number of aromatic nitrogens is 2. The van der Waals surface area contributed by atoms with E-state index in [2.05, 4.69) is 45.9 Å². The van der Waals surface area contributed by atoms with E-state index >= 15 is 0 Å². The van der Waals surface area contributed by atoms with Crippen molar-refractivity contribution in [2.75, 3.05) is 12.8 Å². The van der Waals surface area contributed by atoms with Gasteiger partial charge in [0.15, 0.2) is 0 Å². The molecule has 2 N–H and O–H groups in total. The van der Waals surface area contributed by atoms with Gasteiger partial charge in [-0.25, -0.2) is 4.68 Å². The molecule has 3 rings (SSSR count). The van der Waals surface area contributed by atoms with Crippen LogP contribution in [0.15, 0.2) is 107 Å². The number of allylic oxidation sites excluding steroid dienone is 6. The highest BCUT2D eigenvalue weighted by atomic mass is 32.2. The highest BCUT2D eigenvalue weighted by Crippen LogP contribution is 2.22. The van der Waals surface area contributed by atoms with Crippen LogP contribution in [0.3, 0.4) is 0 Å². The lowest BCUT2D eigenvalue weighted by Crippen LogP contribution is -2.29. The maximum atomic E-state index is 13.5. The van der Waals surface area contributed by atoms with Gasteiger partial charge in [-0.3, -0.25) is 9.79 Å². The van der Waals surface area contributed by atoms with Crippen molar-refractivity contribution in [1.29, 1.82) is 0 Å². The summed E-state index contributed by atoms with van der Waals surface area (Å²) < 4.78 is 10.9. The van der Waals surface area contributed by atoms with E-state index in [-0.39, 0.29) is 11.8 Å². The van der Waals surface area contributed by atoms with Crippen LogP contribution in [0.4, 0.5) is 0 Å². The number of hydrogen-bond donors (Lipinski definition) is 3. The molecule has 1 atom stereocenters. The van der Waals surface area contributed by atoms with Gasteiger partial charge in [0.05, 0.1) is 28.9 Å². The largest absolute Gasteiger partial charge is 0.439 e. The highest BCUT2D eigenvalue weighted by Gasteiger charge is 2.19. The topological polar surface area (TPSA) is 80.5 Å². The number of ether oxygens (including phenoxy) is 1. The van der Waals surface area contributed by atoms with Crippen LogP contribution >= 0.6 is 24.6 Å². The molecule has 1 aromatic carbocycles. The lowest BCUT2D eigenvalue weighted by Gasteiger charge is -2.15. The molecule has 1 aliphatic heterocycles. The molecule has 1 aromatic heterocycles. The number of rotatable bonds is 9. The van der Waals surface area contributed by atoms with Crippen molar-refractivity contribution < 1.29 is 9.53 Å². The molecule has 1 unspecified atom stereocenters. The normalized spacial score (nSPS) is 20.6. The van der Waals surface area contributed by atoms with Gasteiger partial charge in [0, 0.05) is 36.0 Å². The molecular weight excluding hydrogens is 526 g/mol. The zero-order chi connectivity index (χ0) is 28.5. The fourth-order valence-electron chi connectivity index (χ4n) is 3.71. The molecule has 2 heterocycles. The van der Waals surface area contributed by atoms with E-state index < -0.39 is 0 Å². The Hall–Kier alpha value is -3.69. The Morgan fingerprint density at radius 2 is 2.10 bits per heavy atom. The van der Waals surface area contributed by atoms with E-state index in [0.29, 0.717) is 35.0 Å². The first kappa shape index (κ1) is 29.9. The Labute approximate surface area is 240 Å². The fourth-order valence-corrected chi connectivity index (χ4v) is 4.48. The lowest BCUT2D eigenvalue weighted by molar-refractivity contribution is 0.102. The van der Waals surface area contributed by atoms with Crippen LogP contribution in [0.5, 0.6) is 5.75 Å². The van der Waals surface area contributed by atoms with Crippen LogP contribution in [0.1, 0.15) is 36.7 Å². The summed E-state index contributed by atoms with van der Waals surface area (Å²) >= 11 is 6.06. The van der Waals surface area contributed by atoms with Gasteiger partial charge in [-0.15, -0.1) is 12.6 Å². The number of hydrogen-bond acceptors (Lipinski definition) is 8. The summed E-state index contributed by atoms with van der Waals surface area (Å²) in [7, 11) is 0. The van der Waals surface area contributed by atoms with E-state index in [1.54, 1.807) is 17.0 Å². The quantitative estimate of drug-likeness (QED) is 0.0834. The van der Waals surface area contributed by atoms with Crippen molar-refractivity contribution in [3.63, 3.8) is 0 Å². The minimum absolute atomic E-state index is 0.143. The molecule has 2 aromatic rings. The number of nitrogens with one attached hydrogen (secondary N) is 2. The van der Waals surface area contributed by atoms with Crippen molar-refractivity contribution in [2.24, 2.45) is 4.99 Å². The first-order valence-corrected chi connectivity index (χ1v) is 14.1. The molecule has 0 bridgehead atoms.